The smallest absolute Gasteiger partial charge is 0.254 e. The van der Waals surface area contributed by atoms with Gasteiger partial charge >= 0.3 is 0 Å². The Labute approximate surface area is 124 Å². The number of carbonyl (C=O) groups excluding carboxylic acids is 1. The average Bonchev–Trinajstić information content (AvgIpc) is 3.28. The van der Waals surface area contributed by atoms with Crippen molar-refractivity contribution in [3.8, 4) is 5.75 Å². The quantitative estimate of drug-likeness (QED) is 0.846. The lowest BCUT2D eigenvalue weighted by molar-refractivity contribution is 0.0726. The lowest BCUT2D eigenvalue weighted by Crippen LogP contribution is -2.33. The summed E-state index contributed by atoms with van der Waals surface area (Å²) in [5.41, 5.74) is 1.88. The van der Waals surface area contributed by atoms with E-state index < -0.39 is 0 Å². The van der Waals surface area contributed by atoms with E-state index >= 15 is 0 Å². The van der Waals surface area contributed by atoms with Crippen molar-refractivity contribution in [1.29, 1.82) is 0 Å². The SMILES string of the molecule is COc1ccc(C(=O)N(Cc2cccn2C)C2CC2)cc1. The largest absolute Gasteiger partial charge is 0.497 e. The number of methoxy groups -OCH3 is 1. The van der Waals surface area contributed by atoms with Crippen LogP contribution in [0, 0.1) is 0 Å². The van der Waals surface area contributed by atoms with Crippen LogP contribution in [-0.2, 0) is 13.6 Å². The third-order valence-corrected chi connectivity index (χ3v) is 3.97. The zero-order valence-electron chi connectivity index (χ0n) is 12.5. The average molecular weight is 284 g/mol. The van der Waals surface area contributed by atoms with Gasteiger partial charge in [0.25, 0.3) is 5.91 Å². The van der Waals surface area contributed by atoms with Crippen LogP contribution >= 0.6 is 0 Å². The Morgan fingerprint density at radius 2 is 2.00 bits per heavy atom. The van der Waals surface area contributed by atoms with Crippen LogP contribution in [0.5, 0.6) is 5.75 Å². The van der Waals surface area contributed by atoms with E-state index in [1.54, 1.807) is 7.11 Å². The molecule has 1 aromatic carbocycles. The number of carbonyl (C=O) groups is 1. The first-order valence-electron chi connectivity index (χ1n) is 7.24. The van der Waals surface area contributed by atoms with Crippen molar-refractivity contribution >= 4 is 5.91 Å². The van der Waals surface area contributed by atoms with Crippen LogP contribution in [-0.4, -0.2) is 28.5 Å². The summed E-state index contributed by atoms with van der Waals surface area (Å²) in [6.45, 7) is 0.666. The highest BCUT2D eigenvalue weighted by Gasteiger charge is 2.33. The van der Waals surface area contributed by atoms with E-state index in [9.17, 15) is 4.79 Å². The summed E-state index contributed by atoms with van der Waals surface area (Å²) in [4.78, 5) is 14.7. The Bertz CT molecular complexity index is 626. The fourth-order valence-corrected chi connectivity index (χ4v) is 2.49. The molecule has 0 unspecified atom stereocenters. The van der Waals surface area contributed by atoms with E-state index in [1.807, 2.05) is 48.5 Å². The number of rotatable bonds is 5. The first-order valence-corrected chi connectivity index (χ1v) is 7.24. The topological polar surface area (TPSA) is 34.5 Å². The highest BCUT2D eigenvalue weighted by atomic mass is 16.5. The maximum Gasteiger partial charge on any atom is 0.254 e. The van der Waals surface area contributed by atoms with E-state index in [4.69, 9.17) is 4.74 Å². The number of hydrogen-bond acceptors (Lipinski definition) is 2. The highest BCUT2D eigenvalue weighted by molar-refractivity contribution is 5.94. The van der Waals surface area contributed by atoms with Gasteiger partial charge in [0, 0.05) is 30.5 Å². The predicted octanol–water partition coefficient (Wildman–Crippen LogP) is 2.84. The summed E-state index contributed by atoms with van der Waals surface area (Å²) < 4.78 is 7.21. The normalized spacial score (nSPS) is 14.0. The van der Waals surface area contributed by atoms with Gasteiger partial charge in [-0.2, -0.15) is 0 Å². The van der Waals surface area contributed by atoms with Crippen molar-refractivity contribution in [2.75, 3.05) is 7.11 Å². The molecule has 1 heterocycles. The third-order valence-electron chi connectivity index (χ3n) is 3.97. The second-order valence-corrected chi connectivity index (χ2v) is 5.50. The van der Waals surface area contributed by atoms with Crippen LogP contribution in [0.3, 0.4) is 0 Å². The van der Waals surface area contributed by atoms with Crippen LogP contribution in [0.1, 0.15) is 28.9 Å². The number of ether oxygens (including phenoxy) is 1. The summed E-state index contributed by atoms with van der Waals surface area (Å²) in [6.07, 6.45) is 4.22. The molecular weight excluding hydrogens is 264 g/mol. The molecule has 0 radical (unpaired) electrons. The molecule has 3 rings (SSSR count). The third kappa shape index (κ3) is 2.94. The number of aryl methyl sites for hydroxylation is 1. The van der Waals surface area contributed by atoms with Gasteiger partial charge in [-0.25, -0.2) is 0 Å². The molecular formula is C17H20N2O2. The molecule has 4 nitrogen and oxygen atoms in total. The Kier molecular flexibility index (Phi) is 3.69. The maximum absolute atomic E-state index is 12.7. The van der Waals surface area contributed by atoms with Crippen molar-refractivity contribution in [2.45, 2.75) is 25.4 Å². The Hall–Kier alpha value is -2.23. The molecule has 2 aromatic rings. The minimum absolute atomic E-state index is 0.0985. The maximum atomic E-state index is 12.7. The summed E-state index contributed by atoms with van der Waals surface area (Å²) in [7, 11) is 3.64. The summed E-state index contributed by atoms with van der Waals surface area (Å²) in [5, 5.41) is 0. The molecule has 0 aliphatic heterocycles. The van der Waals surface area contributed by atoms with Crippen LogP contribution in [0.2, 0.25) is 0 Å². The minimum atomic E-state index is 0.0985. The molecule has 4 heteroatoms. The van der Waals surface area contributed by atoms with Gasteiger partial charge in [-0.1, -0.05) is 0 Å². The van der Waals surface area contributed by atoms with Crippen LogP contribution < -0.4 is 4.74 Å². The number of aromatic nitrogens is 1. The molecule has 0 spiro atoms. The predicted molar refractivity (Wildman–Crippen MR) is 81.3 cm³/mol. The zero-order chi connectivity index (χ0) is 14.8. The van der Waals surface area contributed by atoms with Crippen molar-refractivity contribution in [1.82, 2.24) is 9.47 Å². The lowest BCUT2D eigenvalue weighted by Gasteiger charge is -2.23. The zero-order valence-corrected chi connectivity index (χ0v) is 12.5. The van der Waals surface area contributed by atoms with Gasteiger partial charge in [-0.05, 0) is 49.2 Å². The fourth-order valence-electron chi connectivity index (χ4n) is 2.49. The standard InChI is InChI=1S/C17H20N2O2/c1-18-11-3-4-15(18)12-19(14-7-8-14)17(20)13-5-9-16(21-2)10-6-13/h3-6,9-11,14H,7-8,12H2,1-2H3. The van der Waals surface area contributed by atoms with E-state index in [1.165, 1.54) is 0 Å². The molecule has 0 bridgehead atoms. The first kappa shape index (κ1) is 13.7. The van der Waals surface area contributed by atoms with E-state index in [-0.39, 0.29) is 5.91 Å². The Morgan fingerprint density at radius 3 is 2.52 bits per heavy atom. The molecule has 0 saturated heterocycles. The number of nitrogens with zero attached hydrogens (tertiary/aromatic N) is 2. The van der Waals surface area contributed by atoms with Gasteiger partial charge in [0.2, 0.25) is 0 Å². The molecule has 1 amide bonds. The minimum Gasteiger partial charge on any atom is -0.497 e. The van der Waals surface area contributed by atoms with E-state index in [0.717, 1.165) is 29.8 Å². The second kappa shape index (κ2) is 5.64. The summed E-state index contributed by atoms with van der Waals surface area (Å²) in [6, 6.07) is 11.8. The number of hydrogen-bond donors (Lipinski definition) is 0. The molecule has 110 valence electrons. The molecule has 1 aliphatic rings. The molecule has 1 saturated carbocycles. The Morgan fingerprint density at radius 1 is 1.29 bits per heavy atom. The van der Waals surface area contributed by atoms with Gasteiger partial charge < -0.3 is 14.2 Å². The molecule has 1 fully saturated rings. The molecule has 0 N–H and O–H groups in total. The molecule has 21 heavy (non-hydrogen) atoms. The van der Waals surface area contributed by atoms with E-state index in [2.05, 4.69) is 10.6 Å². The van der Waals surface area contributed by atoms with Crippen LogP contribution in [0.25, 0.3) is 0 Å². The fraction of sp³-hybridized carbons (Fsp3) is 0.353. The van der Waals surface area contributed by atoms with Crippen molar-refractivity contribution in [3.63, 3.8) is 0 Å². The van der Waals surface area contributed by atoms with Gasteiger partial charge in [0.15, 0.2) is 0 Å². The van der Waals surface area contributed by atoms with Gasteiger partial charge in [0.1, 0.15) is 5.75 Å². The first-order chi connectivity index (χ1) is 10.2. The highest BCUT2D eigenvalue weighted by Crippen LogP contribution is 2.30. The van der Waals surface area contributed by atoms with Gasteiger partial charge in [-0.15, -0.1) is 0 Å². The monoisotopic (exact) mass is 284 g/mol. The van der Waals surface area contributed by atoms with Crippen molar-refractivity contribution < 1.29 is 9.53 Å². The number of amides is 1. The molecule has 1 aromatic heterocycles. The van der Waals surface area contributed by atoms with Crippen molar-refractivity contribution in [2.24, 2.45) is 7.05 Å². The van der Waals surface area contributed by atoms with Gasteiger partial charge in [0.05, 0.1) is 13.7 Å². The summed E-state index contributed by atoms with van der Waals surface area (Å²) >= 11 is 0. The van der Waals surface area contributed by atoms with E-state index in [0.29, 0.717) is 12.6 Å². The molecule has 1 aliphatic carbocycles. The summed E-state index contributed by atoms with van der Waals surface area (Å²) in [5.74, 6) is 0.869. The Balaban J connectivity index is 1.79. The second-order valence-electron chi connectivity index (χ2n) is 5.50. The van der Waals surface area contributed by atoms with Crippen molar-refractivity contribution in [3.05, 3.63) is 53.9 Å². The number of benzene rings is 1. The molecule has 0 atom stereocenters. The van der Waals surface area contributed by atoms with Crippen LogP contribution in [0.4, 0.5) is 0 Å². The lowest BCUT2D eigenvalue weighted by atomic mass is 10.2. The van der Waals surface area contributed by atoms with Crippen LogP contribution in [0.15, 0.2) is 42.6 Å². The van der Waals surface area contributed by atoms with Gasteiger partial charge in [-0.3, -0.25) is 4.79 Å².